The highest BCUT2D eigenvalue weighted by Crippen LogP contribution is 2.21. The van der Waals surface area contributed by atoms with E-state index in [2.05, 4.69) is 29.8 Å². The van der Waals surface area contributed by atoms with Gasteiger partial charge >= 0.3 is 0 Å². The molecule has 1 aliphatic heterocycles. The summed E-state index contributed by atoms with van der Waals surface area (Å²) >= 11 is 0. The third kappa shape index (κ3) is 2.57. The van der Waals surface area contributed by atoms with Crippen LogP contribution in [0.2, 0.25) is 0 Å². The summed E-state index contributed by atoms with van der Waals surface area (Å²) in [5.74, 6) is 0. The first-order chi connectivity index (χ1) is 6.76. The molecule has 0 radical (unpaired) electrons. The molecular weight excluding hydrogens is 174 g/mol. The van der Waals surface area contributed by atoms with E-state index in [-0.39, 0.29) is 5.54 Å². The van der Waals surface area contributed by atoms with Crippen LogP contribution in [0.1, 0.15) is 19.8 Å². The fourth-order valence-electron chi connectivity index (χ4n) is 1.85. The van der Waals surface area contributed by atoms with Crippen LogP contribution in [0.15, 0.2) is 12.7 Å². The van der Waals surface area contributed by atoms with E-state index in [1.54, 1.807) is 0 Å². The zero-order valence-electron chi connectivity index (χ0n) is 8.92. The second-order valence-electron chi connectivity index (χ2n) is 3.80. The SMILES string of the molecule is C=CCNC1(C#N)CCN(CC)CC1. The molecule has 78 valence electrons. The molecule has 1 rings (SSSR count). The largest absolute Gasteiger partial charge is 0.303 e. The Morgan fingerprint density at radius 2 is 2.21 bits per heavy atom. The zero-order valence-corrected chi connectivity index (χ0v) is 8.92. The van der Waals surface area contributed by atoms with Crippen molar-refractivity contribution in [3.05, 3.63) is 12.7 Å². The molecule has 0 aliphatic carbocycles. The minimum Gasteiger partial charge on any atom is -0.303 e. The molecule has 3 nitrogen and oxygen atoms in total. The molecule has 0 bridgehead atoms. The number of nitrogens with zero attached hydrogens (tertiary/aromatic N) is 2. The van der Waals surface area contributed by atoms with E-state index >= 15 is 0 Å². The Labute approximate surface area is 86.4 Å². The lowest BCUT2D eigenvalue weighted by Gasteiger charge is -2.37. The number of hydrogen-bond acceptors (Lipinski definition) is 3. The predicted molar refractivity (Wildman–Crippen MR) is 57.9 cm³/mol. The number of piperidine rings is 1. The van der Waals surface area contributed by atoms with E-state index in [1.165, 1.54) is 0 Å². The fourth-order valence-corrected chi connectivity index (χ4v) is 1.85. The van der Waals surface area contributed by atoms with Gasteiger partial charge in [-0.3, -0.25) is 5.32 Å². The Bertz CT molecular complexity index is 221. The van der Waals surface area contributed by atoms with Gasteiger partial charge in [0.2, 0.25) is 0 Å². The van der Waals surface area contributed by atoms with Gasteiger partial charge in [0.15, 0.2) is 0 Å². The van der Waals surface area contributed by atoms with Crippen LogP contribution in [0.3, 0.4) is 0 Å². The molecule has 0 aromatic heterocycles. The van der Waals surface area contributed by atoms with Crippen molar-refractivity contribution in [3.8, 4) is 6.07 Å². The highest BCUT2D eigenvalue weighted by atomic mass is 15.1. The van der Waals surface area contributed by atoms with Gasteiger partial charge in [0.05, 0.1) is 6.07 Å². The highest BCUT2D eigenvalue weighted by Gasteiger charge is 2.33. The molecule has 1 heterocycles. The predicted octanol–water partition coefficient (Wildman–Crippen LogP) is 1.14. The van der Waals surface area contributed by atoms with Gasteiger partial charge in [-0.15, -0.1) is 6.58 Å². The van der Waals surface area contributed by atoms with E-state index in [9.17, 15) is 0 Å². The van der Waals surface area contributed by atoms with Crippen LogP contribution >= 0.6 is 0 Å². The molecule has 0 aromatic rings. The topological polar surface area (TPSA) is 39.1 Å². The second kappa shape index (κ2) is 5.14. The molecule has 0 saturated carbocycles. The molecule has 0 spiro atoms. The minimum atomic E-state index is -0.306. The normalized spacial score (nSPS) is 21.4. The van der Waals surface area contributed by atoms with Crippen LogP contribution in [-0.2, 0) is 0 Å². The molecule has 1 saturated heterocycles. The third-order valence-corrected chi connectivity index (χ3v) is 2.96. The van der Waals surface area contributed by atoms with Crippen molar-refractivity contribution in [1.29, 1.82) is 5.26 Å². The van der Waals surface area contributed by atoms with Crippen molar-refractivity contribution in [2.24, 2.45) is 0 Å². The van der Waals surface area contributed by atoms with Crippen molar-refractivity contribution in [2.75, 3.05) is 26.2 Å². The van der Waals surface area contributed by atoms with E-state index in [4.69, 9.17) is 5.26 Å². The first-order valence-electron chi connectivity index (χ1n) is 5.26. The summed E-state index contributed by atoms with van der Waals surface area (Å²) in [6.07, 6.45) is 3.65. The van der Waals surface area contributed by atoms with Gasteiger partial charge < -0.3 is 4.90 Å². The first kappa shape index (κ1) is 11.2. The number of hydrogen-bond donors (Lipinski definition) is 1. The lowest BCUT2D eigenvalue weighted by Crippen LogP contribution is -2.52. The molecule has 1 fully saturated rings. The Hall–Kier alpha value is -0.850. The van der Waals surface area contributed by atoms with Crippen LogP contribution in [-0.4, -0.2) is 36.6 Å². The summed E-state index contributed by atoms with van der Waals surface area (Å²) in [4.78, 5) is 2.38. The Balaban J connectivity index is 2.48. The molecule has 0 unspecified atom stereocenters. The second-order valence-corrected chi connectivity index (χ2v) is 3.80. The number of rotatable bonds is 4. The summed E-state index contributed by atoms with van der Waals surface area (Å²) in [6, 6.07) is 2.41. The molecule has 14 heavy (non-hydrogen) atoms. The minimum absolute atomic E-state index is 0.306. The van der Waals surface area contributed by atoms with E-state index in [1.807, 2.05) is 6.08 Å². The lowest BCUT2D eigenvalue weighted by atomic mass is 9.89. The Kier molecular flexibility index (Phi) is 4.12. The maximum absolute atomic E-state index is 9.16. The molecule has 1 N–H and O–H groups in total. The van der Waals surface area contributed by atoms with Gasteiger partial charge in [-0.1, -0.05) is 13.0 Å². The smallest absolute Gasteiger partial charge is 0.109 e. The average molecular weight is 193 g/mol. The number of likely N-dealkylation sites (tertiary alicyclic amines) is 1. The van der Waals surface area contributed by atoms with Crippen LogP contribution in [0, 0.1) is 11.3 Å². The van der Waals surface area contributed by atoms with Crippen LogP contribution < -0.4 is 5.32 Å². The summed E-state index contributed by atoms with van der Waals surface area (Å²) in [6.45, 7) is 9.67. The van der Waals surface area contributed by atoms with Crippen molar-refractivity contribution in [3.63, 3.8) is 0 Å². The van der Waals surface area contributed by atoms with Gasteiger partial charge in [-0.05, 0) is 19.4 Å². The van der Waals surface area contributed by atoms with Crippen LogP contribution in [0.4, 0.5) is 0 Å². The maximum atomic E-state index is 9.16. The van der Waals surface area contributed by atoms with Crippen LogP contribution in [0.5, 0.6) is 0 Å². The molecular formula is C11H19N3. The molecule has 0 aromatic carbocycles. The van der Waals surface area contributed by atoms with Gasteiger partial charge in [-0.2, -0.15) is 5.26 Å². The molecule has 0 atom stereocenters. The quantitative estimate of drug-likeness (QED) is 0.680. The fraction of sp³-hybridized carbons (Fsp3) is 0.727. The van der Waals surface area contributed by atoms with Gasteiger partial charge in [0.1, 0.15) is 5.54 Å². The van der Waals surface area contributed by atoms with Gasteiger partial charge in [0.25, 0.3) is 0 Å². The highest BCUT2D eigenvalue weighted by molar-refractivity contribution is 5.10. The molecule has 0 amide bonds. The van der Waals surface area contributed by atoms with Crippen molar-refractivity contribution < 1.29 is 0 Å². The Morgan fingerprint density at radius 1 is 1.57 bits per heavy atom. The number of nitrogens with one attached hydrogen (secondary N) is 1. The average Bonchev–Trinajstić information content (AvgIpc) is 2.27. The maximum Gasteiger partial charge on any atom is 0.109 e. The van der Waals surface area contributed by atoms with Gasteiger partial charge in [-0.25, -0.2) is 0 Å². The molecule has 3 heteroatoms. The first-order valence-corrected chi connectivity index (χ1v) is 5.26. The van der Waals surface area contributed by atoms with Crippen molar-refractivity contribution in [2.45, 2.75) is 25.3 Å². The van der Waals surface area contributed by atoms with Crippen molar-refractivity contribution in [1.82, 2.24) is 10.2 Å². The van der Waals surface area contributed by atoms with Crippen LogP contribution in [0.25, 0.3) is 0 Å². The summed E-state index contributed by atoms with van der Waals surface area (Å²) in [7, 11) is 0. The summed E-state index contributed by atoms with van der Waals surface area (Å²) in [5.41, 5.74) is -0.306. The third-order valence-electron chi connectivity index (χ3n) is 2.96. The summed E-state index contributed by atoms with van der Waals surface area (Å²) < 4.78 is 0. The van der Waals surface area contributed by atoms with E-state index in [0.29, 0.717) is 0 Å². The monoisotopic (exact) mass is 193 g/mol. The zero-order chi connectivity index (χ0) is 10.4. The summed E-state index contributed by atoms with van der Waals surface area (Å²) in [5, 5.41) is 12.4. The van der Waals surface area contributed by atoms with Crippen molar-refractivity contribution >= 4 is 0 Å². The van der Waals surface area contributed by atoms with E-state index < -0.39 is 0 Å². The number of nitriles is 1. The standard InChI is InChI=1S/C11H19N3/c1-3-7-13-11(10-12)5-8-14(4-2)9-6-11/h3,13H,1,4-9H2,2H3. The Morgan fingerprint density at radius 3 is 2.64 bits per heavy atom. The molecule has 1 aliphatic rings. The lowest BCUT2D eigenvalue weighted by molar-refractivity contribution is 0.176. The van der Waals surface area contributed by atoms with Gasteiger partial charge in [0, 0.05) is 19.6 Å². The van der Waals surface area contributed by atoms with E-state index in [0.717, 1.165) is 39.0 Å².